The molecule has 2 rings (SSSR count). The van der Waals surface area contributed by atoms with Crippen LogP contribution in [0.4, 0.5) is 0 Å². The number of carboxylic acid groups (broad SMARTS) is 1. The first-order valence-electron chi connectivity index (χ1n) is 5.74. The number of ether oxygens (including phenoxy) is 1. The monoisotopic (exact) mass is 235 g/mol. The minimum atomic E-state index is -0.789. The fourth-order valence-corrected chi connectivity index (χ4v) is 2.21. The van der Waals surface area contributed by atoms with Crippen molar-refractivity contribution in [1.29, 1.82) is 0 Å². The van der Waals surface area contributed by atoms with Crippen molar-refractivity contribution in [3.63, 3.8) is 0 Å². The Morgan fingerprint density at radius 3 is 2.88 bits per heavy atom. The molecule has 0 bridgehead atoms. The van der Waals surface area contributed by atoms with Gasteiger partial charge in [-0.2, -0.15) is 0 Å². The van der Waals surface area contributed by atoms with E-state index in [1.165, 1.54) is 0 Å². The van der Waals surface area contributed by atoms with Gasteiger partial charge in [-0.1, -0.05) is 18.2 Å². The van der Waals surface area contributed by atoms with Crippen LogP contribution in [0.25, 0.3) is 0 Å². The molecule has 92 valence electrons. The second kappa shape index (κ2) is 4.37. The van der Waals surface area contributed by atoms with Gasteiger partial charge in [0.25, 0.3) is 0 Å². The molecular formula is C13H17NO3. The quantitative estimate of drug-likeness (QED) is 0.837. The number of aliphatic carboxylic acids is 1. The van der Waals surface area contributed by atoms with E-state index in [1.807, 2.05) is 38.1 Å². The second-order valence-electron chi connectivity index (χ2n) is 4.77. The molecule has 4 nitrogen and oxygen atoms in total. The van der Waals surface area contributed by atoms with Gasteiger partial charge in [-0.3, -0.25) is 4.79 Å². The lowest BCUT2D eigenvalue weighted by Gasteiger charge is -2.27. The van der Waals surface area contributed by atoms with Crippen LogP contribution in [-0.2, 0) is 4.79 Å². The molecule has 0 radical (unpaired) electrons. The van der Waals surface area contributed by atoms with Gasteiger partial charge in [0.05, 0.1) is 12.5 Å². The number of hydrogen-bond acceptors (Lipinski definition) is 3. The minimum Gasteiger partial charge on any atom is -0.486 e. The number of nitrogens with one attached hydrogen (secondary N) is 1. The highest BCUT2D eigenvalue weighted by Crippen LogP contribution is 2.42. The SMILES string of the molecule is CC1(C)Oc2ccccc2C1NCCC(=O)O. The zero-order valence-corrected chi connectivity index (χ0v) is 10.1. The maximum Gasteiger partial charge on any atom is 0.304 e. The van der Waals surface area contributed by atoms with E-state index < -0.39 is 5.97 Å². The molecule has 0 saturated heterocycles. The average Bonchev–Trinajstić information content (AvgIpc) is 2.49. The molecule has 0 aromatic heterocycles. The number of hydrogen-bond donors (Lipinski definition) is 2. The maximum absolute atomic E-state index is 10.5. The van der Waals surface area contributed by atoms with Gasteiger partial charge in [0.15, 0.2) is 0 Å². The highest BCUT2D eigenvalue weighted by molar-refractivity contribution is 5.66. The Balaban J connectivity index is 2.11. The van der Waals surface area contributed by atoms with E-state index in [4.69, 9.17) is 9.84 Å². The molecule has 1 aromatic rings. The Hall–Kier alpha value is -1.55. The van der Waals surface area contributed by atoms with Crippen LogP contribution in [-0.4, -0.2) is 23.2 Å². The molecule has 0 saturated carbocycles. The van der Waals surface area contributed by atoms with Gasteiger partial charge < -0.3 is 15.2 Å². The van der Waals surface area contributed by atoms with Gasteiger partial charge in [0, 0.05) is 12.1 Å². The number of rotatable bonds is 4. The van der Waals surface area contributed by atoms with Crippen molar-refractivity contribution in [2.24, 2.45) is 0 Å². The summed E-state index contributed by atoms with van der Waals surface area (Å²) in [6.07, 6.45) is 0.120. The summed E-state index contributed by atoms with van der Waals surface area (Å²) in [6.45, 7) is 4.46. The van der Waals surface area contributed by atoms with Crippen molar-refractivity contribution in [3.05, 3.63) is 29.8 Å². The van der Waals surface area contributed by atoms with Gasteiger partial charge in [-0.25, -0.2) is 0 Å². The van der Waals surface area contributed by atoms with Crippen molar-refractivity contribution in [2.45, 2.75) is 31.9 Å². The topological polar surface area (TPSA) is 58.6 Å². The van der Waals surface area contributed by atoms with E-state index in [0.717, 1.165) is 11.3 Å². The van der Waals surface area contributed by atoms with Gasteiger partial charge in [-0.05, 0) is 19.9 Å². The first-order valence-corrected chi connectivity index (χ1v) is 5.74. The predicted octanol–water partition coefficient (Wildman–Crippen LogP) is 1.96. The summed E-state index contributed by atoms with van der Waals surface area (Å²) in [5, 5.41) is 11.9. The summed E-state index contributed by atoms with van der Waals surface area (Å²) in [5.41, 5.74) is 0.755. The lowest BCUT2D eigenvalue weighted by Crippen LogP contribution is -2.39. The smallest absolute Gasteiger partial charge is 0.304 e. The Kier molecular flexibility index (Phi) is 3.07. The van der Waals surface area contributed by atoms with Gasteiger partial charge in [0.1, 0.15) is 11.4 Å². The number of para-hydroxylation sites is 1. The largest absolute Gasteiger partial charge is 0.486 e. The average molecular weight is 235 g/mol. The van der Waals surface area contributed by atoms with Crippen molar-refractivity contribution in [2.75, 3.05) is 6.54 Å². The molecule has 0 spiro atoms. The number of benzene rings is 1. The number of carboxylic acids is 1. The molecule has 0 aliphatic carbocycles. The Labute approximate surface area is 101 Å². The predicted molar refractivity (Wildman–Crippen MR) is 64.1 cm³/mol. The second-order valence-corrected chi connectivity index (χ2v) is 4.77. The normalized spacial score (nSPS) is 20.7. The molecule has 1 unspecified atom stereocenters. The van der Waals surface area contributed by atoms with E-state index >= 15 is 0 Å². The zero-order chi connectivity index (χ0) is 12.5. The molecule has 1 aliphatic rings. The minimum absolute atomic E-state index is 0.0399. The van der Waals surface area contributed by atoms with Crippen LogP contribution in [0.3, 0.4) is 0 Å². The Morgan fingerprint density at radius 2 is 2.18 bits per heavy atom. The van der Waals surface area contributed by atoms with Crippen LogP contribution in [0.1, 0.15) is 31.9 Å². The van der Waals surface area contributed by atoms with Crippen LogP contribution in [0.5, 0.6) is 5.75 Å². The van der Waals surface area contributed by atoms with Crippen molar-refractivity contribution < 1.29 is 14.6 Å². The van der Waals surface area contributed by atoms with E-state index in [1.54, 1.807) is 0 Å². The summed E-state index contributed by atoms with van der Waals surface area (Å²) in [4.78, 5) is 10.5. The van der Waals surface area contributed by atoms with Crippen LogP contribution >= 0.6 is 0 Å². The molecule has 1 aromatic carbocycles. The maximum atomic E-state index is 10.5. The van der Waals surface area contributed by atoms with Crippen LogP contribution in [0.2, 0.25) is 0 Å². The van der Waals surface area contributed by atoms with Gasteiger partial charge in [-0.15, -0.1) is 0 Å². The van der Waals surface area contributed by atoms with E-state index in [2.05, 4.69) is 5.32 Å². The van der Waals surface area contributed by atoms with Crippen molar-refractivity contribution >= 4 is 5.97 Å². The molecule has 0 amide bonds. The molecule has 1 aliphatic heterocycles. The van der Waals surface area contributed by atoms with Crippen LogP contribution in [0.15, 0.2) is 24.3 Å². The summed E-state index contributed by atoms with van der Waals surface area (Å²) in [6, 6.07) is 7.90. The summed E-state index contributed by atoms with van der Waals surface area (Å²) < 4.78 is 5.85. The lowest BCUT2D eigenvalue weighted by atomic mass is 9.94. The summed E-state index contributed by atoms with van der Waals surface area (Å²) in [5.74, 6) is 0.0906. The van der Waals surface area contributed by atoms with E-state index in [9.17, 15) is 4.79 Å². The Morgan fingerprint density at radius 1 is 1.47 bits per heavy atom. The summed E-state index contributed by atoms with van der Waals surface area (Å²) >= 11 is 0. The van der Waals surface area contributed by atoms with Crippen molar-refractivity contribution in [1.82, 2.24) is 5.32 Å². The number of fused-ring (bicyclic) bond motifs is 1. The highest BCUT2D eigenvalue weighted by atomic mass is 16.5. The molecule has 0 fully saturated rings. The molecular weight excluding hydrogens is 218 g/mol. The van der Waals surface area contributed by atoms with Crippen molar-refractivity contribution in [3.8, 4) is 5.75 Å². The third-order valence-corrected chi connectivity index (χ3v) is 2.99. The molecule has 2 N–H and O–H groups in total. The fraction of sp³-hybridized carbons (Fsp3) is 0.462. The van der Waals surface area contributed by atoms with E-state index in [0.29, 0.717) is 6.54 Å². The third-order valence-electron chi connectivity index (χ3n) is 2.99. The van der Waals surface area contributed by atoms with Crippen LogP contribution in [0, 0.1) is 0 Å². The first-order chi connectivity index (χ1) is 8.00. The number of carbonyl (C=O) groups is 1. The standard InChI is InChI=1S/C13H17NO3/c1-13(2)12(14-8-7-11(15)16)9-5-3-4-6-10(9)17-13/h3-6,12,14H,7-8H2,1-2H3,(H,15,16). The summed E-state index contributed by atoms with van der Waals surface area (Å²) in [7, 11) is 0. The highest BCUT2D eigenvalue weighted by Gasteiger charge is 2.40. The van der Waals surface area contributed by atoms with Gasteiger partial charge in [0.2, 0.25) is 0 Å². The van der Waals surface area contributed by atoms with Crippen LogP contribution < -0.4 is 10.1 Å². The molecule has 4 heteroatoms. The molecule has 1 heterocycles. The Bertz CT molecular complexity index is 428. The zero-order valence-electron chi connectivity index (χ0n) is 10.1. The van der Waals surface area contributed by atoms with Gasteiger partial charge >= 0.3 is 5.97 Å². The molecule has 17 heavy (non-hydrogen) atoms. The lowest BCUT2D eigenvalue weighted by molar-refractivity contribution is -0.136. The first kappa shape index (κ1) is 11.9. The third kappa shape index (κ3) is 2.42. The van der Waals surface area contributed by atoms with E-state index in [-0.39, 0.29) is 18.1 Å². The fourth-order valence-electron chi connectivity index (χ4n) is 2.21. The molecule has 1 atom stereocenters.